The first-order chi connectivity index (χ1) is 5.00. The van der Waals surface area contributed by atoms with Crippen LogP contribution in [0.5, 0.6) is 0 Å². The van der Waals surface area contributed by atoms with Gasteiger partial charge in [-0.15, -0.1) is 0 Å². The molecule has 11 heavy (non-hydrogen) atoms. The smallest absolute Gasteiger partial charge is 0.116 e. The summed E-state index contributed by atoms with van der Waals surface area (Å²) in [6.07, 6.45) is 4.26. The van der Waals surface area contributed by atoms with E-state index >= 15 is 0 Å². The van der Waals surface area contributed by atoms with Gasteiger partial charge in [-0.05, 0) is 13.3 Å². The van der Waals surface area contributed by atoms with Crippen molar-refractivity contribution in [3.63, 3.8) is 0 Å². The van der Waals surface area contributed by atoms with Crippen molar-refractivity contribution >= 4 is 11.6 Å². The third-order valence-corrected chi connectivity index (χ3v) is 2.34. The summed E-state index contributed by atoms with van der Waals surface area (Å²) >= 11 is 5.98. The Morgan fingerprint density at radius 1 is 1.45 bits per heavy atom. The van der Waals surface area contributed by atoms with Crippen LogP contribution in [0.1, 0.15) is 39.5 Å². The Labute approximate surface area is 74.1 Å². The van der Waals surface area contributed by atoms with E-state index in [1.54, 1.807) is 7.05 Å². The molecule has 0 heterocycles. The summed E-state index contributed by atoms with van der Waals surface area (Å²) in [4.78, 5) is -0.588. The monoisotopic (exact) mass is 179 g/mol. The van der Waals surface area contributed by atoms with E-state index in [-0.39, 0.29) is 0 Å². The lowest BCUT2D eigenvalue weighted by atomic mass is 10.1. The van der Waals surface area contributed by atoms with Gasteiger partial charge in [0.2, 0.25) is 0 Å². The van der Waals surface area contributed by atoms with Gasteiger partial charge in [-0.25, -0.2) is 0 Å². The van der Waals surface area contributed by atoms with E-state index in [0.29, 0.717) is 0 Å². The summed E-state index contributed by atoms with van der Waals surface area (Å²) < 4.78 is 0. The molecule has 0 fully saturated rings. The highest BCUT2D eigenvalue weighted by Crippen LogP contribution is 2.23. The van der Waals surface area contributed by atoms with Gasteiger partial charge >= 0.3 is 0 Å². The van der Waals surface area contributed by atoms with Crippen LogP contribution in [0.4, 0.5) is 0 Å². The molecule has 0 aromatic carbocycles. The number of unbranched alkanes of at least 4 members (excludes halogenated alkanes) is 2. The molecule has 0 aliphatic rings. The lowest BCUT2D eigenvalue weighted by Gasteiger charge is -2.27. The fraction of sp³-hybridized carbons (Fsp3) is 1.00. The average molecular weight is 180 g/mol. The largest absolute Gasteiger partial charge is 0.313 e. The molecule has 0 saturated carbocycles. The zero-order chi connectivity index (χ0) is 8.91. The molecule has 0 bridgehead atoms. The van der Waals surface area contributed by atoms with Crippen molar-refractivity contribution < 1.29 is 5.21 Å². The van der Waals surface area contributed by atoms with Crippen molar-refractivity contribution in [3.8, 4) is 0 Å². The normalized spacial score (nSPS) is 16.9. The lowest BCUT2D eigenvalue weighted by molar-refractivity contribution is -0.116. The summed E-state index contributed by atoms with van der Waals surface area (Å²) in [5.41, 5.74) is 0. The summed E-state index contributed by atoms with van der Waals surface area (Å²) in [5.74, 6) is 0. The SMILES string of the molecule is CCCCCC(C)(Cl)N(C)O. The summed E-state index contributed by atoms with van der Waals surface area (Å²) in [7, 11) is 1.58. The van der Waals surface area contributed by atoms with Gasteiger partial charge in [-0.2, -0.15) is 5.06 Å². The van der Waals surface area contributed by atoms with E-state index in [2.05, 4.69) is 6.92 Å². The Morgan fingerprint density at radius 2 is 2.00 bits per heavy atom. The van der Waals surface area contributed by atoms with Gasteiger partial charge in [-0.1, -0.05) is 37.8 Å². The number of hydrogen-bond acceptors (Lipinski definition) is 2. The van der Waals surface area contributed by atoms with Gasteiger partial charge in [0.05, 0.1) is 0 Å². The fourth-order valence-corrected chi connectivity index (χ4v) is 0.993. The molecule has 0 radical (unpaired) electrons. The van der Waals surface area contributed by atoms with E-state index in [0.717, 1.165) is 17.9 Å². The van der Waals surface area contributed by atoms with Crippen LogP contribution in [-0.2, 0) is 0 Å². The molecule has 1 unspecified atom stereocenters. The van der Waals surface area contributed by atoms with Crippen LogP contribution in [0, 0.1) is 0 Å². The Bertz CT molecular complexity index is 104. The molecule has 0 saturated heterocycles. The number of alkyl halides is 1. The molecule has 1 N–H and O–H groups in total. The van der Waals surface area contributed by atoms with Crippen LogP contribution < -0.4 is 0 Å². The minimum atomic E-state index is -0.588. The molecule has 0 aliphatic carbocycles. The maximum absolute atomic E-state index is 9.08. The number of rotatable bonds is 5. The first-order valence-corrected chi connectivity index (χ1v) is 4.50. The molecule has 68 valence electrons. The highest BCUT2D eigenvalue weighted by atomic mass is 35.5. The molecule has 2 nitrogen and oxygen atoms in total. The van der Waals surface area contributed by atoms with Crippen LogP contribution in [-0.4, -0.2) is 22.3 Å². The van der Waals surface area contributed by atoms with Gasteiger partial charge < -0.3 is 5.21 Å². The third kappa shape index (κ3) is 4.62. The van der Waals surface area contributed by atoms with Crippen molar-refractivity contribution in [2.24, 2.45) is 0 Å². The maximum atomic E-state index is 9.08. The minimum Gasteiger partial charge on any atom is -0.313 e. The Balaban J connectivity index is 3.55. The predicted octanol–water partition coefficient (Wildman–Crippen LogP) is 2.84. The zero-order valence-corrected chi connectivity index (χ0v) is 8.36. The van der Waals surface area contributed by atoms with Crippen LogP contribution in [0.2, 0.25) is 0 Å². The minimum absolute atomic E-state index is 0.588. The number of hydrogen-bond donors (Lipinski definition) is 1. The van der Waals surface area contributed by atoms with Gasteiger partial charge in [0, 0.05) is 7.05 Å². The molecule has 0 aromatic rings. The van der Waals surface area contributed by atoms with Crippen molar-refractivity contribution in [3.05, 3.63) is 0 Å². The molecule has 3 heteroatoms. The van der Waals surface area contributed by atoms with E-state index < -0.39 is 5.00 Å². The van der Waals surface area contributed by atoms with Crippen LogP contribution >= 0.6 is 11.6 Å². The van der Waals surface area contributed by atoms with Crippen molar-refractivity contribution in [2.75, 3.05) is 7.05 Å². The first-order valence-electron chi connectivity index (χ1n) is 4.12. The third-order valence-electron chi connectivity index (χ3n) is 1.91. The quantitative estimate of drug-likeness (QED) is 0.304. The molecule has 1 atom stereocenters. The highest BCUT2D eigenvalue weighted by molar-refractivity contribution is 6.23. The van der Waals surface area contributed by atoms with Crippen LogP contribution in [0.3, 0.4) is 0 Å². The first kappa shape index (κ1) is 11.2. The second-order valence-corrected chi connectivity index (χ2v) is 3.94. The molecular formula is C8H18ClNO. The molecule has 0 aromatic heterocycles. The average Bonchev–Trinajstić information content (AvgIpc) is 1.88. The highest BCUT2D eigenvalue weighted by Gasteiger charge is 2.23. The standard InChI is InChI=1S/C8H18ClNO/c1-4-5-6-7-8(2,9)10(3)11/h11H,4-7H2,1-3H3. The van der Waals surface area contributed by atoms with Gasteiger partial charge in [-0.3, -0.25) is 0 Å². The number of hydroxylamine groups is 2. The maximum Gasteiger partial charge on any atom is 0.116 e. The molecule has 0 rings (SSSR count). The van der Waals surface area contributed by atoms with Crippen molar-refractivity contribution in [1.82, 2.24) is 5.06 Å². The van der Waals surface area contributed by atoms with E-state index in [9.17, 15) is 0 Å². The molecule has 0 spiro atoms. The van der Waals surface area contributed by atoms with Gasteiger partial charge in [0.25, 0.3) is 0 Å². The van der Waals surface area contributed by atoms with E-state index in [1.807, 2.05) is 6.92 Å². The molecule has 0 aliphatic heterocycles. The van der Waals surface area contributed by atoms with Crippen molar-refractivity contribution in [2.45, 2.75) is 44.5 Å². The second kappa shape index (κ2) is 4.96. The zero-order valence-electron chi connectivity index (χ0n) is 7.60. The van der Waals surface area contributed by atoms with Crippen LogP contribution in [0.25, 0.3) is 0 Å². The molecule has 0 amide bonds. The summed E-state index contributed by atoms with van der Waals surface area (Å²) in [6, 6.07) is 0. The molecular weight excluding hydrogens is 162 g/mol. The second-order valence-electron chi connectivity index (χ2n) is 3.12. The Morgan fingerprint density at radius 3 is 2.36 bits per heavy atom. The van der Waals surface area contributed by atoms with E-state index in [1.165, 1.54) is 12.8 Å². The fourth-order valence-electron chi connectivity index (χ4n) is 0.859. The number of halogens is 1. The Hall–Kier alpha value is 0.210. The van der Waals surface area contributed by atoms with Crippen molar-refractivity contribution in [1.29, 1.82) is 0 Å². The summed E-state index contributed by atoms with van der Waals surface area (Å²) in [6.45, 7) is 3.97. The van der Waals surface area contributed by atoms with Gasteiger partial charge in [0.1, 0.15) is 5.00 Å². The van der Waals surface area contributed by atoms with Gasteiger partial charge in [0.15, 0.2) is 0 Å². The van der Waals surface area contributed by atoms with Crippen LogP contribution in [0.15, 0.2) is 0 Å². The topological polar surface area (TPSA) is 23.5 Å². The predicted molar refractivity (Wildman–Crippen MR) is 47.9 cm³/mol. The van der Waals surface area contributed by atoms with E-state index in [4.69, 9.17) is 16.8 Å². The lowest BCUT2D eigenvalue weighted by Crippen LogP contribution is -2.35. The summed E-state index contributed by atoms with van der Waals surface area (Å²) in [5, 5.41) is 10.2. The Kier molecular flexibility index (Phi) is 5.06. The number of nitrogens with zero attached hydrogens (tertiary/aromatic N) is 1.